The molecule has 1 aliphatic carbocycles. The minimum absolute atomic E-state index is 0.279. The lowest BCUT2D eigenvalue weighted by atomic mass is 9.93. The summed E-state index contributed by atoms with van der Waals surface area (Å²) in [6.07, 6.45) is 5.84. The van der Waals surface area contributed by atoms with Gasteiger partial charge < -0.3 is 5.32 Å². The molecule has 2 fully saturated rings. The first kappa shape index (κ1) is 15.3. The molecule has 0 aromatic rings. The van der Waals surface area contributed by atoms with Crippen molar-refractivity contribution in [3.63, 3.8) is 0 Å². The molecule has 19 heavy (non-hydrogen) atoms. The summed E-state index contributed by atoms with van der Waals surface area (Å²) < 4.78 is 23.7. The van der Waals surface area contributed by atoms with Gasteiger partial charge in [-0.2, -0.15) is 0 Å². The first-order valence-corrected chi connectivity index (χ1v) is 9.48. The van der Waals surface area contributed by atoms with Crippen molar-refractivity contribution in [2.45, 2.75) is 57.5 Å². The molecule has 1 saturated carbocycles. The molecular formula is C14H28N2O2S. The van der Waals surface area contributed by atoms with Gasteiger partial charge in [-0.05, 0) is 26.2 Å². The maximum Gasteiger partial charge on any atom is 0.151 e. The van der Waals surface area contributed by atoms with Crippen LogP contribution < -0.4 is 5.32 Å². The number of nitrogens with one attached hydrogen (secondary N) is 1. The van der Waals surface area contributed by atoms with E-state index in [2.05, 4.69) is 17.1 Å². The summed E-state index contributed by atoms with van der Waals surface area (Å²) in [5, 5.41) is 3.71. The summed E-state index contributed by atoms with van der Waals surface area (Å²) in [5.74, 6) is 0.653. The van der Waals surface area contributed by atoms with Gasteiger partial charge in [0, 0.05) is 37.0 Å². The van der Waals surface area contributed by atoms with Gasteiger partial charge in [0.25, 0.3) is 0 Å². The van der Waals surface area contributed by atoms with Crippen LogP contribution in [0.2, 0.25) is 0 Å². The molecule has 1 N–H and O–H groups in total. The molecule has 0 radical (unpaired) electrons. The zero-order valence-corrected chi connectivity index (χ0v) is 13.1. The fraction of sp³-hybridized carbons (Fsp3) is 1.00. The fourth-order valence-corrected chi connectivity index (χ4v) is 4.79. The van der Waals surface area contributed by atoms with E-state index in [1.165, 1.54) is 25.7 Å². The van der Waals surface area contributed by atoms with Gasteiger partial charge in [0.05, 0.1) is 5.75 Å². The van der Waals surface area contributed by atoms with Gasteiger partial charge in [0.2, 0.25) is 0 Å². The van der Waals surface area contributed by atoms with Crippen LogP contribution in [0.15, 0.2) is 0 Å². The van der Waals surface area contributed by atoms with Crippen molar-refractivity contribution < 1.29 is 8.42 Å². The van der Waals surface area contributed by atoms with Gasteiger partial charge in [-0.3, -0.25) is 4.90 Å². The van der Waals surface area contributed by atoms with Crippen molar-refractivity contribution in [1.82, 2.24) is 10.2 Å². The molecule has 1 unspecified atom stereocenters. The van der Waals surface area contributed by atoms with E-state index >= 15 is 0 Å². The molecule has 0 amide bonds. The average molecular weight is 288 g/mol. The Morgan fingerprint density at radius 2 is 1.95 bits per heavy atom. The topological polar surface area (TPSA) is 49.4 Å². The van der Waals surface area contributed by atoms with Gasteiger partial charge in [-0.1, -0.05) is 19.8 Å². The van der Waals surface area contributed by atoms with E-state index in [9.17, 15) is 8.42 Å². The Morgan fingerprint density at radius 1 is 1.26 bits per heavy atom. The fourth-order valence-electron chi connectivity index (χ4n) is 3.45. The summed E-state index contributed by atoms with van der Waals surface area (Å²) in [6, 6.07) is 0.447. The van der Waals surface area contributed by atoms with E-state index in [0.717, 1.165) is 19.5 Å². The minimum Gasteiger partial charge on any atom is -0.308 e. The lowest BCUT2D eigenvalue weighted by molar-refractivity contribution is 0.0951. The summed E-state index contributed by atoms with van der Waals surface area (Å²) >= 11 is 0. The van der Waals surface area contributed by atoms with Crippen LogP contribution in [0.1, 0.15) is 46.0 Å². The van der Waals surface area contributed by atoms with Crippen molar-refractivity contribution in [3.8, 4) is 0 Å². The Bertz CT molecular complexity index is 388. The Morgan fingerprint density at radius 3 is 2.58 bits per heavy atom. The molecule has 0 aromatic carbocycles. The van der Waals surface area contributed by atoms with E-state index in [4.69, 9.17) is 0 Å². The molecule has 0 aromatic heterocycles. The van der Waals surface area contributed by atoms with Crippen molar-refractivity contribution in [2.24, 2.45) is 0 Å². The lowest BCUT2D eigenvalue weighted by Gasteiger charge is -2.45. The van der Waals surface area contributed by atoms with Crippen molar-refractivity contribution in [1.29, 1.82) is 0 Å². The normalized spacial score (nSPS) is 28.0. The zero-order valence-electron chi connectivity index (χ0n) is 12.3. The van der Waals surface area contributed by atoms with Crippen molar-refractivity contribution >= 4 is 9.84 Å². The third kappa shape index (κ3) is 3.92. The van der Waals surface area contributed by atoms with Crippen LogP contribution in [0.25, 0.3) is 0 Å². The number of hydrogen-bond acceptors (Lipinski definition) is 4. The minimum atomic E-state index is -2.85. The quantitative estimate of drug-likeness (QED) is 0.831. The van der Waals surface area contributed by atoms with E-state index in [0.29, 0.717) is 24.1 Å². The Balaban J connectivity index is 1.91. The Labute approximate surface area is 117 Å². The lowest BCUT2D eigenvalue weighted by Crippen LogP contribution is -2.62. The molecule has 1 spiro atoms. The highest BCUT2D eigenvalue weighted by molar-refractivity contribution is 7.91. The Hall–Kier alpha value is -0.130. The van der Waals surface area contributed by atoms with E-state index in [-0.39, 0.29) is 5.54 Å². The highest BCUT2D eigenvalue weighted by Crippen LogP contribution is 2.33. The second kappa shape index (κ2) is 6.10. The molecule has 112 valence electrons. The first-order chi connectivity index (χ1) is 8.96. The van der Waals surface area contributed by atoms with Gasteiger partial charge in [-0.15, -0.1) is 0 Å². The standard InChI is InChI=1S/C14H28N2O2S/c1-3-9-19(17,18)10-8-16-12-14(6-4-5-7-14)15-11-13(16)2/h13,15H,3-12H2,1-2H3. The van der Waals surface area contributed by atoms with Crippen LogP contribution in [-0.4, -0.2) is 56.0 Å². The average Bonchev–Trinajstić information content (AvgIpc) is 2.79. The molecule has 1 atom stereocenters. The zero-order chi connectivity index (χ0) is 13.9. The number of piperazine rings is 1. The second-order valence-corrected chi connectivity index (χ2v) is 8.64. The van der Waals surface area contributed by atoms with Crippen molar-refractivity contribution in [3.05, 3.63) is 0 Å². The summed E-state index contributed by atoms with van der Waals surface area (Å²) in [6.45, 7) is 6.84. The highest BCUT2D eigenvalue weighted by Gasteiger charge is 2.39. The van der Waals surface area contributed by atoms with Crippen LogP contribution in [-0.2, 0) is 9.84 Å². The number of rotatable bonds is 5. The molecule has 2 rings (SSSR count). The largest absolute Gasteiger partial charge is 0.308 e. The molecule has 0 bridgehead atoms. The molecule has 1 aliphatic heterocycles. The Kier molecular flexibility index (Phi) is 4.90. The molecular weight excluding hydrogens is 260 g/mol. The smallest absolute Gasteiger partial charge is 0.151 e. The van der Waals surface area contributed by atoms with Gasteiger partial charge >= 0.3 is 0 Å². The van der Waals surface area contributed by atoms with Crippen LogP contribution in [0, 0.1) is 0 Å². The number of nitrogens with zero attached hydrogens (tertiary/aromatic N) is 1. The van der Waals surface area contributed by atoms with Crippen LogP contribution >= 0.6 is 0 Å². The SMILES string of the molecule is CCCS(=O)(=O)CCN1CC2(CCCC2)NCC1C. The first-order valence-electron chi connectivity index (χ1n) is 7.66. The van der Waals surface area contributed by atoms with E-state index < -0.39 is 9.84 Å². The third-order valence-electron chi connectivity index (χ3n) is 4.67. The highest BCUT2D eigenvalue weighted by atomic mass is 32.2. The third-order valence-corrected chi connectivity index (χ3v) is 6.50. The van der Waals surface area contributed by atoms with Crippen LogP contribution in [0.4, 0.5) is 0 Å². The van der Waals surface area contributed by atoms with Gasteiger partial charge in [0.1, 0.15) is 0 Å². The monoisotopic (exact) mass is 288 g/mol. The number of hydrogen-bond donors (Lipinski definition) is 1. The van der Waals surface area contributed by atoms with E-state index in [1.807, 2.05) is 6.92 Å². The summed E-state index contributed by atoms with van der Waals surface area (Å²) in [5.41, 5.74) is 0.279. The maximum atomic E-state index is 11.9. The van der Waals surface area contributed by atoms with E-state index in [1.54, 1.807) is 0 Å². The van der Waals surface area contributed by atoms with Gasteiger partial charge in [0.15, 0.2) is 9.84 Å². The maximum absolute atomic E-state index is 11.9. The predicted molar refractivity (Wildman–Crippen MR) is 79.2 cm³/mol. The molecule has 4 nitrogen and oxygen atoms in total. The molecule has 1 saturated heterocycles. The predicted octanol–water partition coefficient (Wildman–Crippen LogP) is 1.42. The summed E-state index contributed by atoms with van der Waals surface area (Å²) in [7, 11) is -2.85. The molecule has 1 heterocycles. The van der Waals surface area contributed by atoms with Gasteiger partial charge in [-0.25, -0.2) is 8.42 Å². The molecule has 2 aliphatic rings. The molecule has 5 heteroatoms. The second-order valence-electron chi connectivity index (χ2n) is 6.34. The van der Waals surface area contributed by atoms with Crippen LogP contribution in [0.3, 0.4) is 0 Å². The van der Waals surface area contributed by atoms with Crippen molar-refractivity contribution in [2.75, 3.05) is 31.1 Å². The summed E-state index contributed by atoms with van der Waals surface area (Å²) in [4.78, 5) is 2.38. The number of sulfone groups is 1. The van der Waals surface area contributed by atoms with Crippen LogP contribution in [0.5, 0.6) is 0 Å².